The third-order valence-corrected chi connectivity index (χ3v) is 3.65. The summed E-state index contributed by atoms with van der Waals surface area (Å²) >= 11 is 0. The Labute approximate surface area is 109 Å². The highest BCUT2D eigenvalue weighted by atomic mass is 16.5. The molecule has 3 nitrogen and oxygen atoms in total. The van der Waals surface area contributed by atoms with Gasteiger partial charge in [-0.25, -0.2) is 0 Å². The summed E-state index contributed by atoms with van der Waals surface area (Å²) in [5.41, 5.74) is 3.92. The maximum atomic E-state index is 11.0. The van der Waals surface area contributed by atoms with Crippen molar-refractivity contribution in [3.63, 3.8) is 0 Å². The first-order chi connectivity index (χ1) is 8.59. The van der Waals surface area contributed by atoms with Gasteiger partial charge in [0.15, 0.2) is 0 Å². The molecule has 1 atom stereocenters. The van der Waals surface area contributed by atoms with Gasteiger partial charge in [-0.15, -0.1) is 0 Å². The highest BCUT2D eigenvalue weighted by molar-refractivity contribution is 5.66. The lowest BCUT2D eigenvalue weighted by atomic mass is 9.91. The normalized spacial score (nSPS) is 19.1. The quantitative estimate of drug-likeness (QED) is 0.753. The van der Waals surface area contributed by atoms with E-state index in [2.05, 4.69) is 37.1 Å². The average Bonchev–Trinajstić information content (AvgIpc) is 2.48. The lowest BCUT2D eigenvalue weighted by molar-refractivity contribution is -0.141. The van der Waals surface area contributed by atoms with Gasteiger partial charge in [0.2, 0.25) is 0 Å². The molecule has 0 radical (unpaired) electrons. The number of nitrogens with zero attached hydrogens (tertiary/aromatic N) is 1. The number of hydrogen-bond acceptors (Lipinski definition) is 3. The lowest BCUT2D eigenvalue weighted by Gasteiger charge is -2.23. The molecule has 0 bridgehead atoms. The van der Waals surface area contributed by atoms with Gasteiger partial charge < -0.3 is 9.64 Å². The van der Waals surface area contributed by atoms with Crippen molar-refractivity contribution in [2.24, 2.45) is 0 Å². The van der Waals surface area contributed by atoms with Gasteiger partial charge in [-0.3, -0.25) is 4.79 Å². The number of anilines is 1. The van der Waals surface area contributed by atoms with Gasteiger partial charge in [-0.05, 0) is 37.0 Å². The number of rotatable bonds is 2. The molecule has 3 heteroatoms. The fraction of sp³-hybridized carbons (Fsp3) is 0.533. The first-order valence-corrected chi connectivity index (χ1v) is 6.53. The minimum Gasteiger partial charge on any atom is -0.465 e. The summed E-state index contributed by atoms with van der Waals surface area (Å²) in [6.07, 6.45) is 2.21. The SMILES string of the molecule is CC(=O)OCC1CCCN(C)c2cccc(C)c21. The van der Waals surface area contributed by atoms with Crippen LogP contribution in [-0.2, 0) is 9.53 Å². The van der Waals surface area contributed by atoms with E-state index in [-0.39, 0.29) is 5.97 Å². The summed E-state index contributed by atoms with van der Waals surface area (Å²) in [5, 5.41) is 0. The van der Waals surface area contributed by atoms with E-state index in [0.717, 1.165) is 19.4 Å². The fourth-order valence-corrected chi connectivity index (χ4v) is 2.75. The van der Waals surface area contributed by atoms with Crippen LogP contribution in [0.4, 0.5) is 5.69 Å². The summed E-state index contributed by atoms with van der Waals surface area (Å²) in [7, 11) is 2.13. The van der Waals surface area contributed by atoms with Gasteiger partial charge in [0.25, 0.3) is 0 Å². The molecule has 1 aromatic rings. The third kappa shape index (κ3) is 2.66. The van der Waals surface area contributed by atoms with E-state index in [1.807, 2.05) is 0 Å². The van der Waals surface area contributed by atoms with Crippen LogP contribution < -0.4 is 4.90 Å². The second-order valence-electron chi connectivity index (χ2n) is 5.07. The van der Waals surface area contributed by atoms with Crippen molar-refractivity contribution in [1.82, 2.24) is 0 Å². The number of hydrogen-bond donors (Lipinski definition) is 0. The van der Waals surface area contributed by atoms with Crippen molar-refractivity contribution in [2.75, 3.05) is 25.1 Å². The van der Waals surface area contributed by atoms with Gasteiger partial charge in [-0.1, -0.05) is 12.1 Å². The smallest absolute Gasteiger partial charge is 0.302 e. The highest BCUT2D eigenvalue weighted by Gasteiger charge is 2.23. The molecule has 98 valence electrons. The zero-order valence-electron chi connectivity index (χ0n) is 11.4. The summed E-state index contributed by atoms with van der Waals surface area (Å²) < 4.78 is 5.23. The predicted octanol–water partition coefficient (Wildman–Crippen LogP) is 2.87. The molecule has 1 heterocycles. The standard InChI is InChI=1S/C15H21NO2/c1-11-6-4-8-14-15(11)13(10-18-12(2)17)7-5-9-16(14)3/h4,6,8,13H,5,7,9-10H2,1-3H3. The first-order valence-electron chi connectivity index (χ1n) is 6.53. The highest BCUT2D eigenvalue weighted by Crippen LogP contribution is 2.36. The maximum Gasteiger partial charge on any atom is 0.302 e. The number of fused-ring (bicyclic) bond motifs is 1. The van der Waals surface area contributed by atoms with Crippen LogP contribution in [0.25, 0.3) is 0 Å². The maximum absolute atomic E-state index is 11.0. The van der Waals surface area contributed by atoms with Gasteiger partial charge in [0, 0.05) is 32.1 Å². The van der Waals surface area contributed by atoms with Crippen molar-refractivity contribution in [2.45, 2.75) is 32.6 Å². The first kappa shape index (κ1) is 12.9. The Morgan fingerprint density at radius 1 is 1.50 bits per heavy atom. The molecule has 0 N–H and O–H groups in total. The molecule has 1 aromatic carbocycles. The Morgan fingerprint density at radius 2 is 2.28 bits per heavy atom. The van der Waals surface area contributed by atoms with E-state index >= 15 is 0 Å². The zero-order valence-corrected chi connectivity index (χ0v) is 11.4. The molecule has 0 saturated heterocycles. The molecule has 0 saturated carbocycles. The van der Waals surface area contributed by atoms with E-state index in [0.29, 0.717) is 12.5 Å². The van der Waals surface area contributed by atoms with Gasteiger partial charge in [0.05, 0.1) is 6.61 Å². The minimum atomic E-state index is -0.192. The van der Waals surface area contributed by atoms with Crippen LogP contribution in [0, 0.1) is 6.92 Å². The molecule has 0 amide bonds. The minimum absolute atomic E-state index is 0.192. The molecule has 1 aliphatic heterocycles. The molecule has 0 aliphatic carbocycles. The van der Waals surface area contributed by atoms with E-state index in [1.54, 1.807) is 0 Å². The van der Waals surface area contributed by atoms with Crippen molar-refractivity contribution >= 4 is 11.7 Å². The molecule has 1 unspecified atom stereocenters. The monoisotopic (exact) mass is 247 g/mol. The van der Waals surface area contributed by atoms with Crippen LogP contribution in [0.2, 0.25) is 0 Å². The Hall–Kier alpha value is -1.51. The Bertz CT molecular complexity index is 442. The number of ether oxygens (including phenoxy) is 1. The number of esters is 1. The zero-order chi connectivity index (χ0) is 13.1. The molecule has 18 heavy (non-hydrogen) atoms. The van der Waals surface area contributed by atoms with Crippen molar-refractivity contribution < 1.29 is 9.53 Å². The summed E-state index contributed by atoms with van der Waals surface area (Å²) in [6.45, 7) is 5.18. The molecular weight excluding hydrogens is 226 g/mol. The van der Waals surface area contributed by atoms with E-state index in [1.165, 1.54) is 23.7 Å². The fourth-order valence-electron chi connectivity index (χ4n) is 2.75. The van der Waals surface area contributed by atoms with Crippen molar-refractivity contribution in [3.8, 4) is 0 Å². The Balaban J connectivity index is 2.32. The number of carbonyl (C=O) groups is 1. The molecule has 0 fully saturated rings. The van der Waals surface area contributed by atoms with Crippen LogP contribution in [0.3, 0.4) is 0 Å². The molecule has 2 rings (SSSR count). The van der Waals surface area contributed by atoms with Crippen molar-refractivity contribution in [1.29, 1.82) is 0 Å². The van der Waals surface area contributed by atoms with Crippen LogP contribution in [0.1, 0.15) is 36.8 Å². The summed E-state index contributed by atoms with van der Waals surface area (Å²) in [4.78, 5) is 13.3. The number of aryl methyl sites for hydroxylation is 1. The lowest BCUT2D eigenvalue weighted by Crippen LogP contribution is -2.18. The largest absolute Gasteiger partial charge is 0.465 e. The van der Waals surface area contributed by atoms with E-state index in [9.17, 15) is 4.79 Å². The van der Waals surface area contributed by atoms with E-state index in [4.69, 9.17) is 4.74 Å². The van der Waals surface area contributed by atoms with Gasteiger partial charge in [-0.2, -0.15) is 0 Å². The average molecular weight is 247 g/mol. The predicted molar refractivity (Wildman–Crippen MR) is 73.1 cm³/mol. The summed E-state index contributed by atoms with van der Waals surface area (Å²) in [5.74, 6) is 0.137. The topological polar surface area (TPSA) is 29.5 Å². The van der Waals surface area contributed by atoms with Crippen LogP contribution in [0.15, 0.2) is 18.2 Å². The van der Waals surface area contributed by atoms with Gasteiger partial charge in [0.1, 0.15) is 0 Å². The van der Waals surface area contributed by atoms with Crippen molar-refractivity contribution in [3.05, 3.63) is 29.3 Å². The van der Waals surface area contributed by atoms with E-state index < -0.39 is 0 Å². The van der Waals surface area contributed by atoms with Crippen LogP contribution >= 0.6 is 0 Å². The third-order valence-electron chi connectivity index (χ3n) is 3.65. The second kappa shape index (κ2) is 5.42. The molecule has 0 spiro atoms. The van der Waals surface area contributed by atoms with Gasteiger partial charge >= 0.3 is 5.97 Å². The summed E-state index contributed by atoms with van der Waals surface area (Å²) in [6, 6.07) is 6.39. The Kier molecular flexibility index (Phi) is 3.90. The van der Waals surface area contributed by atoms with Crippen LogP contribution in [-0.4, -0.2) is 26.2 Å². The second-order valence-corrected chi connectivity index (χ2v) is 5.07. The molecule has 0 aromatic heterocycles. The number of benzene rings is 1. The molecular formula is C15H21NO2. The number of carbonyl (C=O) groups excluding carboxylic acids is 1. The van der Waals surface area contributed by atoms with Crippen LogP contribution in [0.5, 0.6) is 0 Å². The molecule has 1 aliphatic rings. The Morgan fingerprint density at radius 3 is 3.00 bits per heavy atom.